The number of nitrogens with one attached hydrogen (secondary N) is 1. The molecule has 0 aromatic heterocycles. The van der Waals surface area contributed by atoms with Crippen molar-refractivity contribution in [3.8, 4) is 0 Å². The smallest absolute Gasteiger partial charge is 0.269 e. The van der Waals surface area contributed by atoms with Gasteiger partial charge in [-0.3, -0.25) is 14.9 Å². The molecule has 1 aromatic carbocycles. The van der Waals surface area contributed by atoms with Gasteiger partial charge in [-0.2, -0.15) is 0 Å². The van der Waals surface area contributed by atoms with Crippen LogP contribution in [0.3, 0.4) is 0 Å². The van der Waals surface area contributed by atoms with Gasteiger partial charge < -0.3 is 10.1 Å². The number of ether oxygens (including phenoxy) is 1. The van der Waals surface area contributed by atoms with E-state index in [1.165, 1.54) is 24.3 Å². The first kappa shape index (κ1) is 19.4. The minimum absolute atomic E-state index is 0.0489. The zero-order valence-corrected chi connectivity index (χ0v) is 14.2. The fraction of sp³-hybridized carbons (Fsp3) is 0.562. The molecule has 0 fully saturated rings. The van der Waals surface area contributed by atoms with E-state index in [2.05, 4.69) is 12.2 Å². The van der Waals surface area contributed by atoms with E-state index in [0.29, 0.717) is 5.56 Å². The van der Waals surface area contributed by atoms with Crippen LogP contribution in [0.15, 0.2) is 24.3 Å². The van der Waals surface area contributed by atoms with Crippen LogP contribution in [0.2, 0.25) is 0 Å². The molecule has 0 bridgehead atoms. The number of amides is 1. The minimum atomic E-state index is -0.504. The van der Waals surface area contributed by atoms with E-state index in [-0.39, 0.29) is 29.6 Å². The molecule has 0 aliphatic rings. The van der Waals surface area contributed by atoms with E-state index in [0.717, 1.165) is 25.7 Å². The predicted molar refractivity (Wildman–Crippen MR) is 90.0 cm³/mol. The highest BCUT2D eigenvalue weighted by molar-refractivity contribution is 6.21. The molecule has 7 heteroatoms. The van der Waals surface area contributed by atoms with Gasteiger partial charge in [-0.1, -0.05) is 26.2 Å². The van der Waals surface area contributed by atoms with E-state index >= 15 is 0 Å². The van der Waals surface area contributed by atoms with Crippen LogP contribution in [0.4, 0.5) is 5.69 Å². The second-order valence-electron chi connectivity index (χ2n) is 5.30. The number of carbonyl (C=O) groups is 1. The number of alkyl halides is 1. The van der Waals surface area contributed by atoms with Crippen LogP contribution < -0.4 is 5.32 Å². The molecule has 0 spiro atoms. The summed E-state index contributed by atoms with van der Waals surface area (Å²) in [7, 11) is 1.62. The number of nitrogens with zero attached hydrogens (tertiary/aromatic N) is 1. The van der Waals surface area contributed by atoms with E-state index in [9.17, 15) is 14.9 Å². The number of methoxy groups -OCH3 is 1. The lowest BCUT2D eigenvalue weighted by atomic mass is 10.1. The Morgan fingerprint density at radius 1 is 1.35 bits per heavy atom. The van der Waals surface area contributed by atoms with Gasteiger partial charge in [0.2, 0.25) is 0 Å². The topological polar surface area (TPSA) is 81.5 Å². The van der Waals surface area contributed by atoms with Crippen LogP contribution in [0, 0.1) is 10.1 Å². The standard InChI is InChI=1S/C16H23ClN2O4/c1-3-4-5-6-15(23-2)14(17)11-18-16(20)12-7-9-13(10-8-12)19(21)22/h7-10,14-15H,3-6,11H2,1-2H3,(H,18,20)/t14-,15+/m1/s1. The van der Waals surface area contributed by atoms with Crippen molar-refractivity contribution in [1.82, 2.24) is 5.32 Å². The number of benzene rings is 1. The molecule has 128 valence electrons. The largest absolute Gasteiger partial charge is 0.380 e. The first-order chi connectivity index (χ1) is 11.0. The molecule has 2 atom stereocenters. The zero-order valence-electron chi connectivity index (χ0n) is 13.5. The fourth-order valence-corrected chi connectivity index (χ4v) is 2.51. The van der Waals surface area contributed by atoms with E-state index in [1.54, 1.807) is 7.11 Å². The second-order valence-corrected chi connectivity index (χ2v) is 5.86. The highest BCUT2D eigenvalue weighted by atomic mass is 35.5. The summed E-state index contributed by atoms with van der Waals surface area (Å²) in [6.45, 7) is 2.41. The molecule has 0 radical (unpaired) electrons. The zero-order chi connectivity index (χ0) is 17.2. The average molecular weight is 343 g/mol. The lowest BCUT2D eigenvalue weighted by Gasteiger charge is -2.21. The molecular weight excluding hydrogens is 320 g/mol. The summed E-state index contributed by atoms with van der Waals surface area (Å²) < 4.78 is 5.38. The Bertz CT molecular complexity index is 507. The molecule has 1 aromatic rings. The molecule has 0 aliphatic heterocycles. The van der Waals surface area contributed by atoms with Gasteiger partial charge in [-0.25, -0.2) is 0 Å². The molecule has 23 heavy (non-hydrogen) atoms. The number of unbranched alkanes of at least 4 members (excludes halogenated alkanes) is 2. The number of hydrogen-bond acceptors (Lipinski definition) is 4. The molecule has 1 amide bonds. The third-order valence-electron chi connectivity index (χ3n) is 3.60. The van der Waals surface area contributed by atoms with E-state index in [1.807, 2.05) is 0 Å². The van der Waals surface area contributed by atoms with Crippen molar-refractivity contribution in [2.45, 2.75) is 44.1 Å². The lowest BCUT2D eigenvalue weighted by molar-refractivity contribution is -0.384. The third kappa shape index (κ3) is 6.54. The number of non-ortho nitro benzene ring substituents is 1. The minimum Gasteiger partial charge on any atom is -0.380 e. The molecule has 1 rings (SSSR count). The maximum Gasteiger partial charge on any atom is 0.269 e. The van der Waals surface area contributed by atoms with Crippen molar-refractivity contribution < 1.29 is 14.5 Å². The first-order valence-corrected chi connectivity index (χ1v) is 8.12. The van der Waals surface area contributed by atoms with Crippen molar-refractivity contribution in [3.63, 3.8) is 0 Å². The Labute approximate surface area is 141 Å². The molecular formula is C16H23ClN2O4. The molecule has 1 N–H and O–H groups in total. The summed E-state index contributed by atoms with van der Waals surface area (Å²) >= 11 is 6.30. The highest BCUT2D eigenvalue weighted by Crippen LogP contribution is 2.15. The Balaban J connectivity index is 2.48. The van der Waals surface area contributed by atoms with Crippen LogP contribution in [0.5, 0.6) is 0 Å². The Morgan fingerprint density at radius 2 is 2.00 bits per heavy atom. The maximum atomic E-state index is 12.0. The number of nitro groups is 1. The van der Waals surface area contributed by atoms with Crippen molar-refractivity contribution in [3.05, 3.63) is 39.9 Å². The first-order valence-electron chi connectivity index (χ1n) is 7.69. The van der Waals surface area contributed by atoms with Gasteiger partial charge in [-0.05, 0) is 18.6 Å². The molecule has 0 unspecified atom stereocenters. The van der Waals surface area contributed by atoms with Crippen molar-refractivity contribution in [2.24, 2.45) is 0 Å². The van der Waals surface area contributed by atoms with E-state index < -0.39 is 4.92 Å². The summed E-state index contributed by atoms with van der Waals surface area (Å²) in [6.07, 6.45) is 4.03. The summed E-state index contributed by atoms with van der Waals surface area (Å²) in [6, 6.07) is 5.45. The third-order valence-corrected chi connectivity index (χ3v) is 4.03. The van der Waals surface area contributed by atoms with Crippen LogP contribution in [0.1, 0.15) is 43.0 Å². The van der Waals surface area contributed by atoms with Crippen LogP contribution in [0.25, 0.3) is 0 Å². The molecule has 0 aliphatic carbocycles. The molecule has 6 nitrogen and oxygen atoms in total. The van der Waals surface area contributed by atoms with Gasteiger partial charge in [0.1, 0.15) is 0 Å². The van der Waals surface area contributed by atoms with Crippen LogP contribution >= 0.6 is 11.6 Å². The van der Waals surface area contributed by atoms with Crippen LogP contribution in [-0.4, -0.2) is 36.0 Å². The Morgan fingerprint density at radius 3 is 2.52 bits per heavy atom. The lowest BCUT2D eigenvalue weighted by Crippen LogP contribution is -2.36. The van der Waals surface area contributed by atoms with Crippen molar-refractivity contribution >= 4 is 23.2 Å². The number of rotatable bonds is 10. The predicted octanol–water partition coefficient (Wildman–Crippen LogP) is 3.53. The number of carbonyl (C=O) groups excluding carboxylic acids is 1. The summed E-state index contributed by atoms with van der Waals surface area (Å²) in [5.74, 6) is -0.311. The summed E-state index contributed by atoms with van der Waals surface area (Å²) in [5.41, 5.74) is 0.312. The van der Waals surface area contributed by atoms with Gasteiger partial charge in [0.05, 0.1) is 16.4 Å². The number of nitro benzene ring substituents is 1. The van der Waals surface area contributed by atoms with Gasteiger partial charge in [0.15, 0.2) is 0 Å². The average Bonchev–Trinajstić information content (AvgIpc) is 2.56. The van der Waals surface area contributed by atoms with Gasteiger partial charge in [-0.15, -0.1) is 11.6 Å². The maximum absolute atomic E-state index is 12.0. The second kappa shape index (κ2) is 10.2. The SMILES string of the molecule is CCCCC[C@H](OC)[C@H](Cl)CNC(=O)c1ccc([N+](=O)[O-])cc1. The normalized spacial score (nSPS) is 13.3. The van der Waals surface area contributed by atoms with Crippen LogP contribution in [-0.2, 0) is 4.74 Å². The van der Waals surface area contributed by atoms with Gasteiger partial charge >= 0.3 is 0 Å². The monoisotopic (exact) mass is 342 g/mol. The molecule has 0 saturated heterocycles. The van der Waals surface area contributed by atoms with Crippen molar-refractivity contribution in [2.75, 3.05) is 13.7 Å². The highest BCUT2D eigenvalue weighted by Gasteiger charge is 2.19. The molecule has 0 heterocycles. The Hall–Kier alpha value is -1.66. The van der Waals surface area contributed by atoms with Crippen molar-refractivity contribution in [1.29, 1.82) is 0 Å². The Kier molecular flexibility index (Phi) is 8.58. The summed E-state index contributed by atoms with van der Waals surface area (Å²) in [5, 5.41) is 13.0. The van der Waals surface area contributed by atoms with Gasteiger partial charge in [0.25, 0.3) is 11.6 Å². The number of hydrogen-bond donors (Lipinski definition) is 1. The summed E-state index contributed by atoms with van der Waals surface area (Å²) in [4.78, 5) is 22.1. The fourth-order valence-electron chi connectivity index (χ4n) is 2.20. The molecule has 0 saturated carbocycles. The quantitative estimate of drug-likeness (QED) is 0.305. The number of halogens is 1. The van der Waals surface area contributed by atoms with E-state index in [4.69, 9.17) is 16.3 Å². The van der Waals surface area contributed by atoms with Gasteiger partial charge in [0, 0.05) is 31.4 Å².